The fraction of sp³-hybridized carbons (Fsp3) is 0.143. The maximum atomic E-state index is 11.3. The Bertz CT molecular complexity index is 758. The van der Waals surface area contributed by atoms with Crippen molar-refractivity contribution in [1.82, 2.24) is 9.55 Å². The summed E-state index contributed by atoms with van der Waals surface area (Å²) in [6.45, 7) is 2.61. The van der Waals surface area contributed by atoms with Gasteiger partial charge in [0.1, 0.15) is 0 Å². The second kappa shape index (κ2) is 4.51. The Morgan fingerprint density at radius 1 is 1.42 bits per heavy atom. The van der Waals surface area contributed by atoms with E-state index in [9.17, 15) is 9.90 Å². The standard InChI is InChI=1S/C14H12N2O2S/c1-9-15-6-10(19-9)7-16-8-12(14(17)18)11-4-2-3-5-13(11)16/h2-6,8H,7H2,1H3,(H,17,18). The van der Waals surface area contributed by atoms with E-state index in [1.807, 2.05) is 42.0 Å². The van der Waals surface area contributed by atoms with Crippen LogP contribution in [-0.2, 0) is 6.54 Å². The molecule has 0 fully saturated rings. The van der Waals surface area contributed by atoms with Gasteiger partial charge in [0.2, 0.25) is 0 Å². The highest BCUT2D eigenvalue weighted by Gasteiger charge is 2.14. The number of hydrogen-bond acceptors (Lipinski definition) is 3. The van der Waals surface area contributed by atoms with E-state index in [1.165, 1.54) is 0 Å². The lowest BCUT2D eigenvalue weighted by Gasteiger charge is -2.01. The second-order valence-corrected chi connectivity index (χ2v) is 5.66. The fourth-order valence-electron chi connectivity index (χ4n) is 2.19. The maximum absolute atomic E-state index is 11.3. The summed E-state index contributed by atoms with van der Waals surface area (Å²) in [5, 5.41) is 11.0. The Balaban J connectivity index is 2.11. The van der Waals surface area contributed by atoms with Crippen LogP contribution in [0.15, 0.2) is 36.7 Å². The molecule has 0 saturated heterocycles. The molecule has 2 heterocycles. The number of nitrogens with zero attached hydrogens (tertiary/aromatic N) is 2. The van der Waals surface area contributed by atoms with Crippen LogP contribution in [0.3, 0.4) is 0 Å². The van der Waals surface area contributed by atoms with Gasteiger partial charge in [0.25, 0.3) is 0 Å². The molecule has 0 bridgehead atoms. The van der Waals surface area contributed by atoms with Gasteiger partial charge in [-0.3, -0.25) is 0 Å². The molecular weight excluding hydrogens is 260 g/mol. The van der Waals surface area contributed by atoms with E-state index >= 15 is 0 Å². The Hall–Kier alpha value is -2.14. The molecule has 0 aliphatic rings. The minimum absolute atomic E-state index is 0.344. The lowest BCUT2D eigenvalue weighted by molar-refractivity contribution is 0.0699. The third kappa shape index (κ3) is 2.13. The summed E-state index contributed by atoms with van der Waals surface area (Å²) in [6.07, 6.45) is 3.54. The van der Waals surface area contributed by atoms with Crippen LogP contribution in [0.5, 0.6) is 0 Å². The number of fused-ring (bicyclic) bond motifs is 1. The lowest BCUT2D eigenvalue weighted by Crippen LogP contribution is -1.97. The highest BCUT2D eigenvalue weighted by molar-refractivity contribution is 7.11. The molecule has 0 unspecified atom stereocenters. The average molecular weight is 272 g/mol. The third-order valence-electron chi connectivity index (χ3n) is 3.01. The molecule has 0 radical (unpaired) electrons. The predicted octanol–water partition coefficient (Wildman–Crippen LogP) is 3.15. The molecule has 4 nitrogen and oxygen atoms in total. The minimum Gasteiger partial charge on any atom is -0.478 e. The van der Waals surface area contributed by atoms with E-state index in [1.54, 1.807) is 17.5 Å². The summed E-state index contributed by atoms with van der Waals surface area (Å²) in [7, 11) is 0. The first-order valence-electron chi connectivity index (χ1n) is 5.87. The molecule has 19 heavy (non-hydrogen) atoms. The number of aromatic carboxylic acids is 1. The minimum atomic E-state index is -0.893. The van der Waals surface area contributed by atoms with Crippen molar-refractivity contribution in [2.45, 2.75) is 13.5 Å². The van der Waals surface area contributed by atoms with E-state index in [0.29, 0.717) is 12.1 Å². The van der Waals surface area contributed by atoms with Crippen LogP contribution in [0, 0.1) is 6.92 Å². The number of carbonyl (C=O) groups is 1. The van der Waals surface area contributed by atoms with Gasteiger partial charge in [0.15, 0.2) is 0 Å². The zero-order valence-corrected chi connectivity index (χ0v) is 11.1. The number of carboxylic acids is 1. The van der Waals surface area contributed by atoms with Crippen LogP contribution in [-0.4, -0.2) is 20.6 Å². The van der Waals surface area contributed by atoms with E-state index in [-0.39, 0.29) is 0 Å². The van der Waals surface area contributed by atoms with Crippen LogP contribution in [0.25, 0.3) is 10.9 Å². The molecule has 0 aliphatic heterocycles. The van der Waals surface area contributed by atoms with Gasteiger partial charge in [-0.05, 0) is 13.0 Å². The monoisotopic (exact) mass is 272 g/mol. The zero-order valence-electron chi connectivity index (χ0n) is 10.3. The molecular formula is C14H12N2O2S. The second-order valence-electron chi connectivity index (χ2n) is 4.34. The molecule has 1 N–H and O–H groups in total. The van der Waals surface area contributed by atoms with Gasteiger partial charge in [-0.15, -0.1) is 11.3 Å². The van der Waals surface area contributed by atoms with Crippen molar-refractivity contribution in [3.63, 3.8) is 0 Å². The fourth-order valence-corrected chi connectivity index (χ4v) is 2.99. The summed E-state index contributed by atoms with van der Waals surface area (Å²) in [5.41, 5.74) is 1.28. The third-order valence-corrected chi connectivity index (χ3v) is 3.91. The van der Waals surface area contributed by atoms with E-state index in [2.05, 4.69) is 4.98 Å². The summed E-state index contributed by atoms with van der Waals surface area (Å²) in [6, 6.07) is 7.56. The number of benzene rings is 1. The topological polar surface area (TPSA) is 55.1 Å². The van der Waals surface area contributed by atoms with Crippen molar-refractivity contribution < 1.29 is 9.90 Å². The molecule has 3 aromatic rings. The van der Waals surface area contributed by atoms with Crippen molar-refractivity contribution in [3.05, 3.63) is 52.1 Å². The first kappa shape index (κ1) is 11.9. The van der Waals surface area contributed by atoms with Crippen LogP contribution in [0.4, 0.5) is 0 Å². The van der Waals surface area contributed by atoms with Gasteiger partial charge >= 0.3 is 5.97 Å². The first-order chi connectivity index (χ1) is 9.15. The van der Waals surface area contributed by atoms with Gasteiger partial charge in [-0.2, -0.15) is 0 Å². The van der Waals surface area contributed by atoms with Crippen LogP contribution >= 0.6 is 11.3 Å². The number of aryl methyl sites for hydroxylation is 1. The van der Waals surface area contributed by atoms with Crippen LogP contribution in [0.1, 0.15) is 20.2 Å². The number of hydrogen-bond donors (Lipinski definition) is 1. The highest BCUT2D eigenvalue weighted by atomic mass is 32.1. The molecule has 96 valence electrons. The number of rotatable bonds is 3. The SMILES string of the molecule is Cc1ncc(Cn2cc(C(=O)O)c3ccccc32)s1. The molecule has 0 atom stereocenters. The number of thiazole rings is 1. The number of para-hydroxylation sites is 1. The summed E-state index contributed by atoms with van der Waals surface area (Å²) in [5.74, 6) is -0.893. The van der Waals surface area contributed by atoms with Gasteiger partial charge in [-0.25, -0.2) is 9.78 Å². The molecule has 1 aromatic carbocycles. The van der Waals surface area contributed by atoms with Crippen molar-refractivity contribution in [2.24, 2.45) is 0 Å². The molecule has 0 aliphatic carbocycles. The summed E-state index contributed by atoms with van der Waals surface area (Å²) in [4.78, 5) is 16.6. The van der Waals surface area contributed by atoms with Crippen molar-refractivity contribution >= 4 is 28.2 Å². The first-order valence-corrected chi connectivity index (χ1v) is 6.69. The average Bonchev–Trinajstić information content (AvgIpc) is 2.95. The van der Waals surface area contributed by atoms with Crippen LogP contribution in [0.2, 0.25) is 0 Å². The highest BCUT2D eigenvalue weighted by Crippen LogP contribution is 2.23. The van der Waals surface area contributed by atoms with Gasteiger partial charge in [0, 0.05) is 28.2 Å². The van der Waals surface area contributed by atoms with Crippen molar-refractivity contribution in [2.75, 3.05) is 0 Å². The summed E-state index contributed by atoms with van der Waals surface area (Å²) >= 11 is 1.63. The quantitative estimate of drug-likeness (QED) is 0.796. The largest absolute Gasteiger partial charge is 0.478 e. The molecule has 0 spiro atoms. The van der Waals surface area contributed by atoms with Crippen LogP contribution < -0.4 is 0 Å². The van der Waals surface area contributed by atoms with Gasteiger partial charge in [0.05, 0.1) is 17.1 Å². The normalized spacial score (nSPS) is 11.0. The molecule has 0 amide bonds. The van der Waals surface area contributed by atoms with Gasteiger partial charge in [-0.1, -0.05) is 18.2 Å². The van der Waals surface area contributed by atoms with E-state index in [0.717, 1.165) is 20.8 Å². The zero-order chi connectivity index (χ0) is 13.4. The Kier molecular flexibility index (Phi) is 2.83. The Labute approximate surface area is 113 Å². The summed E-state index contributed by atoms with van der Waals surface area (Å²) < 4.78 is 1.96. The Morgan fingerprint density at radius 2 is 2.21 bits per heavy atom. The molecule has 3 rings (SSSR count). The van der Waals surface area contributed by atoms with E-state index in [4.69, 9.17) is 0 Å². The number of aromatic nitrogens is 2. The number of carboxylic acid groups (broad SMARTS) is 1. The molecule has 5 heteroatoms. The van der Waals surface area contributed by atoms with Crippen molar-refractivity contribution in [3.8, 4) is 0 Å². The molecule has 2 aromatic heterocycles. The Morgan fingerprint density at radius 3 is 2.89 bits per heavy atom. The maximum Gasteiger partial charge on any atom is 0.337 e. The lowest BCUT2D eigenvalue weighted by atomic mass is 10.2. The predicted molar refractivity (Wildman–Crippen MR) is 74.9 cm³/mol. The molecule has 0 saturated carbocycles. The smallest absolute Gasteiger partial charge is 0.337 e. The van der Waals surface area contributed by atoms with E-state index < -0.39 is 5.97 Å². The van der Waals surface area contributed by atoms with Gasteiger partial charge < -0.3 is 9.67 Å². The van der Waals surface area contributed by atoms with Crippen molar-refractivity contribution in [1.29, 1.82) is 0 Å².